The maximum Gasteiger partial charge on any atom is 0.0643 e. The van der Waals surface area contributed by atoms with Gasteiger partial charge in [0.15, 0.2) is 0 Å². The van der Waals surface area contributed by atoms with Gasteiger partial charge in [-0.25, -0.2) is 0 Å². The maximum atomic E-state index is 4.92. The Morgan fingerprint density at radius 3 is 1.50 bits per heavy atom. The van der Waals surface area contributed by atoms with E-state index in [1.807, 2.05) is 6.07 Å². The molecule has 0 bridgehead atoms. The van der Waals surface area contributed by atoms with E-state index in [9.17, 15) is 0 Å². The van der Waals surface area contributed by atoms with Gasteiger partial charge in [-0.1, -0.05) is 140 Å². The van der Waals surface area contributed by atoms with Gasteiger partial charge in [-0.3, -0.25) is 4.99 Å². The summed E-state index contributed by atoms with van der Waals surface area (Å²) in [5.41, 5.74) is 15.3. The molecule has 10 aromatic rings. The van der Waals surface area contributed by atoms with E-state index in [2.05, 4.69) is 204 Å². The predicted molar refractivity (Wildman–Crippen MR) is 228 cm³/mol. The third-order valence-corrected chi connectivity index (χ3v) is 10.8. The van der Waals surface area contributed by atoms with Gasteiger partial charge in [-0.05, 0) is 94.9 Å². The SMILES string of the molecule is CC(=NCc1cccc(-c2ccc3c4ccccc4n(-c4ccc(-c5ccc6c7ccccc7n(-c7ccccc7)c6c5)cc4)c3c2)c1)c1ccccc1. The molecule has 3 nitrogen and oxygen atoms in total. The monoisotopic (exact) mass is 691 g/mol. The van der Waals surface area contributed by atoms with Gasteiger partial charge in [-0.2, -0.15) is 0 Å². The van der Waals surface area contributed by atoms with Crippen molar-refractivity contribution in [3.05, 3.63) is 205 Å². The Labute approximate surface area is 314 Å². The Morgan fingerprint density at radius 2 is 0.870 bits per heavy atom. The molecule has 54 heavy (non-hydrogen) atoms. The zero-order valence-electron chi connectivity index (χ0n) is 30.0. The quantitative estimate of drug-likeness (QED) is 0.148. The van der Waals surface area contributed by atoms with Gasteiger partial charge in [-0.15, -0.1) is 0 Å². The molecule has 0 saturated carbocycles. The van der Waals surface area contributed by atoms with Gasteiger partial charge in [0.25, 0.3) is 0 Å². The van der Waals surface area contributed by atoms with Gasteiger partial charge in [0.05, 0.1) is 28.6 Å². The van der Waals surface area contributed by atoms with E-state index in [1.54, 1.807) is 0 Å². The summed E-state index contributed by atoms with van der Waals surface area (Å²) in [4.78, 5) is 4.92. The molecule has 0 atom stereocenters. The predicted octanol–water partition coefficient (Wildman–Crippen LogP) is 13.2. The van der Waals surface area contributed by atoms with Crippen LogP contribution < -0.4 is 0 Å². The molecule has 0 aliphatic carbocycles. The van der Waals surface area contributed by atoms with E-state index in [1.165, 1.54) is 77.1 Å². The Hall–Kier alpha value is -6.97. The molecule has 256 valence electrons. The van der Waals surface area contributed by atoms with Crippen LogP contribution in [0.15, 0.2) is 199 Å². The fourth-order valence-corrected chi connectivity index (χ4v) is 8.07. The summed E-state index contributed by atoms with van der Waals surface area (Å²) in [5, 5.41) is 5.03. The number of fused-ring (bicyclic) bond motifs is 6. The normalized spacial score (nSPS) is 12.0. The molecule has 0 fully saturated rings. The van der Waals surface area contributed by atoms with Crippen LogP contribution in [0.1, 0.15) is 18.1 Å². The largest absolute Gasteiger partial charge is 0.309 e. The van der Waals surface area contributed by atoms with E-state index in [4.69, 9.17) is 4.99 Å². The van der Waals surface area contributed by atoms with Crippen LogP contribution in [0.2, 0.25) is 0 Å². The van der Waals surface area contributed by atoms with Crippen molar-refractivity contribution in [1.82, 2.24) is 9.13 Å². The van der Waals surface area contributed by atoms with E-state index in [0.29, 0.717) is 6.54 Å². The van der Waals surface area contributed by atoms with Crippen molar-refractivity contribution in [3.63, 3.8) is 0 Å². The van der Waals surface area contributed by atoms with Gasteiger partial charge < -0.3 is 9.13 Å². The average molecular weight is 692 g/mol. The van der Waals surface area contributed by atoms with Crippen molar-refractivity contribution in [2.45, 2.75) is 13.5 Å². The minimum atomic E-state index is 0.644. The number of benzene rings is 8. The lowest BCUT2D eigenvalue weighted by Crippen LogP contribution is -1.95. The summed E-state index contributed by atoms with van der Waals surface area (Å²) in [6.07, 6.45) is 0. The van der Waals surface area contributed by atoms with Crippen molar-refractivity contribution in [1.29, 1.82) is 0 Å². The van der Waals surface area contributed by atoms with E-state index in [-0.39, 0.29) is 0 Å². The second-order valence-electron chi connectivity index (χ2n) is 14.0. The Balaban J connectivity index is 1.03. The number of aromatic nitrogens is 2. The van der Waals surface area contributed by atoms with Crippen molar-refractivity contribution in [2.75, 3.05) is 0 Å². The first-order valence-electron chi connectivity index (χ1n) is 18.6. The molecule has 2 heterocycles. The topological polar surface area (TPSA) is 22.2 Å². The lowest BCUT2D eigenvalue weighted by molar-refractivity contribution is 1.07. The van der Waals surface area contributed by atoms with Crippen LogP contribution in [0.25, 0.3) is 77.2 Å². The van der Waals surface area contributed by atoms with Crippen molar-refractivity contribution in [2.24, 2.45) is 4.99 Å². The fourth-order valence-electron chi connectivity index (χ4n) is 8.07. The smallest absolute Gasteiger partial charge is 0.0643 e. The van der Waals surface area contributed by atoms with Gasteiger partial charge in [0.2, 0.25) is 0 Å². The van der Waals surface area contributed by atoms with Crippen molar-refractivity contribution >= 4 is 49.3 Å². The number of para-hydroxylation sites is 3. The molecule has 0 N–H and O–H groups in total. The standard InChI is InChI=1S/C51H37N3/c1-35(37-14-4-2-5-15-37)52-34-36-13-12-16-39(31-36)41-26-30-47-45-20-9-11-22-49(45)54(51(47)33-41)43-27-23-38(24-28-43)40-25-29-46-44-19-8-10-21-48(44)53(50(46)32-40)42-17-6-3-7-18-42/h2-33H,34H2,1H3. The van der Waals surface area contributed by atoms with Crippen LogP contribution in [0.4, 0.5) is 0 Å². The van der Waals surface area contributed by atoms with Gasteiger partial charge in [0, 0.05) is 38.6 Å². The molecule has 0 amide bonds. The molecule has 0 aliphatic heterocycles. The third kappa shape index (κ3) is 5.50. The molecular weight excluding hydrogens is 655 g/mol. The first kappa shape index (κ1) is 31.7. The van der Waals surface area contributed by atoms with Gasteiger partial charge in [0.1, 0.15) is 0 Å². The third-order valence-electron chi connectivity index (χ3n) is 10.8. The minimum absolute atomic E-state index is 0.644. The van der Waals surface area contributed by atoms with E-state index >= 15 is 0 Å². The molecule has 0 aliphatic rings. The Bertz CT molecular complexity index is 3000. The lowest BCUT2D eigenvalue weighted by Gasteiger charge is -2.11. The maximum absolute atomic E-state index is 4.92. The first-order chi connectivity index (χ1) is 26.7. The second-order valence-corrected chi connectivity index (χ2v) is 14.0. The summed E-state index contributed by atoms with van der Waals surface area (Å²) in [6, 6.07) is 70.1. The van der Waals surface area contributed by atoms with E-state index in [0.717, 1.165) is 17.0 Å². The van der Waals surface area contributed by atoms with Crippen LogP contribution in [0.5, 0.6) is 0 Å². The van der Waals surface area contributed by atoms with Crippen molar-refractivity contribution < 1.29 is 0 Å². The van der Waals surface area contributed by atoms with Crippen LogP contribution in [-0.2, 0) is 6.54 Å². The molecule has 10 rings (SSSR count). The molecule has 0 unspecified atom stereocenters. The van der Waals surface area contributed by atoms with Crippen LogP contribution in [0, 0.1) is 0 Å². The second kappa shape index (κ2) is 13.2. The highest BCUT2D eigenvalue weighted by molar-refractivity contribution is 6.11. The van der Waals surface area contributed by atoms with Gasteiger partial charge >= 0.3 is 0 Å². The number of hydrogen-bond donors (Lipinski definition) is 0. The Kier molecular flexibility index (Phi) is 7.77. The highest BCUT2D eigenvalue weighted by Crippen LogP contribution is 2.37. The lowest BCUT2D eigenvalue weighted by atomic mass is 10.0. The average Bonchev–Trinajstić information content (AvgIpc) is 3.76. The molecule has 3 heteroatoms. The summed E-state index contributed by atoms with van der Waals surface area (Å²) in [5.74, 6) is 0. The summed E-state index contributed by atoms with van der Waals surface area (Å²) >= 11 is 0. The van der Waals surface area contributed by atoms with Crippen LogP contribution in [0.3, 0.4) is 0 Å². The molecule has 0 saturated heterocycles. The molecular formula is C51H37N3. The summed E-state index contributed by atoms with van der Waals surface area (Å²) in [7, 11) is 0. The Morgan fingerprint density at radius 1 is 0.389 bits per heavy atom. The molecule has 0 spiro atoms. The van der Waals surface area contributed by atoms with E-state index < -0.39 is 0 Å². The van der Waals surface area contributed by atoms with Crippen molar-refractivity contribution in [3.8, 4) is 33.6 Å². The van der Waals surface area contributed by atoms with Crippen LogP contribution in [-0.4, -0.2) is 14.8 Å². The minimum Gasteiger partial charge on any atom is -0.309 e. The first-order valence-corrected chi connectivity index (χ1v) is 18.6. The summed E-state index contributed by atoms with van der Waals surface area (Å²) < 4.78 is 4.79. The fraction of sp³-hybridized carbons (Fsp3) is 0.0392. The number of hydrogen-bond acceptors (Lipinski definition) is 1. The highest BCUT2D eigenvalue weighted by atomic mass is 15.0. The zero-order valence-corrected chi connectivity index (χ0v) is 30.0. The number of rotatable bonds is 7. The highest BCUT2D eigenvalue weighted by Gasteiger charge is 2.16. The summed E-state index contributed by atoms with van der Waals surface area (Å²) in [6.45, 7) is 2.73. The molecule has 8 aromatic carbocycles. The number of nitrogens with zero attached hydrogens (tertiary/aromatic N) is 3. The molecule has 2 aromatic heterocycles. The van der Waals surface area contributed by atoms with Crippen LogP contribution >= 0.6 is 0 Å². The zero-order chi connectivity index (χ0) is 36.0. The molecule has 0 radical (unpaired) electrons. The number of aliphatic imine (C=N–C) groups is 1.